The molecular formula is C101H146O18. The Morgan fingerprint density at radius 2 is 0.622 bits per heavy atom. The van der Waals surface area contributed by atoms with Gasteiger partial charge in [0, 0.05) is 13.2 Å². The highest BCUT2D eigenvalue weighted by Crippen LogP contribution is 2.40. The van der Waals surface area contributed by atoms with E-state index in [1.54, 1.807) is 36.4 Å². The zero-order valence-corrected chi connectivity index (χ0v) is 72.8. The molecule has 2 saturated carbocycles. The molecule has 0 spiro atoms. The first-order valence-corrected chi connectivity index (χ1v) is 46.6. The number of ether oxygens (including phenoxy) is 11. The summed E-state index contributed by atoms with van der Waals surface area (Å²) in [6, 6.07) is 35.7. The molecule has 0 aliphatic heterocycles. The van der Waals surface area contributed by atoms with E-state index in [0.29, 0.717) is 135 Å². The van der Waals surface area contributed by atoms with E-state index in [0.717, 1.165) is 192 Å². The van der Waals surface area contributed by atoms with Crippen molar-refractivity contribution in [3.05, 3.63) is 143 Å². The normalized spacial score (nSPS) is 15.7. The van der Waals surface area contributed by atoms with Crippen molar-refractivity contribution in [2.24, 2.45) is 11.8 Å². The molecule has 658 valence electrons. The van der Waals surface area contributed by atoms with Crippen molar-refractivity contribution in [1.82, 2.24) is 0 Å². The minimum atomic E-state index is -0.818. The van der Waals surface area contributed by atoms with Gasteiger partial charge in [0.05, 0.1) is 70.2 Å². The molecule has 18 heteroatoms. The molecule has 5 aromatic carbocycles. The lowest BCUT2D eigenvalue weighted by molar-refractivity contribution is -0.149. The van der Waals surface area contributed by atoms with Gasteiger partial charge in [0.15, 0.2) is 0 Å². The molecule has 7 rings (SSSR count). The van der Waals surface area contributed by atoms with Crippen LogP contribution in [-0.2, 0) is 42.9 Å². The van der Waals surface area contributed by atoms with Gasteiger partial charge in [-0.15, -0.1) is 0 Å². The summed E-state index contributed by atoms with van der Waals surface area (Å²) in [7, 11) is 0. The quantitative estimate of drug-likeness (QED) is 0.0116. The summed E-state index contributed by atoms with van der Waals surface area (Å²) in [5.74, 6) is 4.47. The van der Waals surface area contributed by atoms with Gasteiger partial charge >= 0.3 is 29.8 Å². The number of unbranched alkanes of at least 4 members (excludes halogenated alkanes) is 27. The molecule has 2 aliphatic carbocycles. The number of hydrogen-bond acceptors (Lipinski definition) is 18. The van der Waals surface area contributed by atoms with Gasteiger partial charge in [-0.1, -0.05) is 218 Å². The van der Waals surface area contributed by atoms with E-state index in [4.69, 9.17) is 52.1 Å². The molecule has 0 N–H and O–H groups in total. The third-order valence-electron chi connectivity index (χ3n) is 23.3. The lowest BCUT2D eigenvalue weighted by atomic mass is 9.77. The Balaban J connectivity index is 0.620. The zero-order chi connectivity index (χ0) is 84.2. The molecule has 2 fully saturated rings. The Kier molecular flexibility index (Phi) is 51.1. The molecular weight excluding hydrogens is 1500 g/mol. The number of carbonyl (C=O) groups is 7. The van der Waals surface area contributed by atoms with E-state index in [1.165, 1.54) is 114 Å². The number of hydrogen-bond donors (Lipinski definition) is 0. The van der Waals surface area contributed by atoms with Crippen LogP contribution in [0.25, 0.3) is 0 Å². The number of esters is 5. The van der Waals surface area contributed by atoms with Gasteiger partial charge in [0.1, 0.15) is 64.8 Å². The number of rotatable bonds is 68. The summed E-state index contributed by atoms with van der Waals surface area (Å²) >= 11 is 0. The van der Waals surface area contributed by atoms with Crippen LogP contribution in [0.1, 0.15) is 370 Å². The molecule has 18 nitrogen and oxygen atoms in total. The van der Waals surface area contributed by atoms with Crippen molar-refractivity contribution in [1.29, 1.82) is 0 Å². The first-order chi connectivity index (χ1) is 58.4. The molecule has 0 heterocycles. The van der Waals surface area contributed by atoms with Crippen molar-refractivity contribution in [2.45, 2.75) is 340 Å². The first-order valence-electron chi connectivity index (χ1n) is 46.6. The van der Waals surface area contributed by atoms with Crippen molar-refractivity contribution in [2.75, 3.05) is 59.5 Å². The fourth-order valence-corrected chi connectivity index (χ4v) is 15.9. The number of benzene rings is 5. The maximum Gasteiger partial charge on any atom is 0.343 e. The minimum absolute atomic E-state index is 0.0933. The Morgan fingerprint density at radius 1 is 0.311 bits per heavy atom. The molecule has 5 aromatic rings. The minimum Gasteiger partial charge on any atom is -0.494 e. The van der Waals surface area contributed by atoms with E-state index in [2.05, 4.69) is 45.0 Å². The lowest BCUT2D eigenvalue weighted by Crippen LogP contribution is -2.21. The number of aldehydes is 2. The number of carbonyl (C=O) groups excluding carboxylic acids is 7. The molecule has 0 saturated heterocycles. The summed E-state index contributed by atoms with van der Waals surface area (Å²) in [5.41, 5.74) is 3.99. The van der Waals surface area contributed by atoms with Crippen LogP contribution in [0, 0.1) is 11.8 Å². The molecule has 2 atom stereocenters. The largest absolute Gasteiger partial charge is 0.494 e. The summed E-state index contributed by atoms with van der Waals surface area (Å²) < 4.78 is 63.5. The van der Waals surface area contributed by atoms with Gasteiger partial charge in [0.25, 0.3) is 0 Å². The van der Waals surface area contributed by atoms with Gasteiger partial charge in [0.2, 0.25) is 0 Å². The van der Waals surface area contributed by atoms with Crippen LogP contribution in [0.5, 0.6) is 34.5 Å². The highest BCUT2D eigenvalue weighted by atomic mass is 16.6. The first kappa shape index (κ1) is 98.0. The van der Waals surface area contributed by atoms with Gasteiger partial charge in [-0.25, -0.2) is 14.4 Å². The van der Waals surface area contributed by atoms with E-state index in [9.17, 15) is 33.6 Å². The fraction of sp³-hybridized carbons (Fsp3) is 0.634. The Hall–Kier alpha value is -8.09. The zero-order valence-electron chi connectivity index (χ0n) is 72.8. The summed E-state index contributed by atoms with van der Waals surface area (Å²) in [5, 5.41) is 0. The van der Waals surface area contributed by atoms with Crippen molar-refractivity contribution < 1.29 is 85.7 Å². The Bertz CT molecular complexity index is 3520. The van der Waals surface area contributed by atoms with Crippen molar-refractivity contribution >= 4 is 42.4 Å². The maximum atomic E-state index is 13.4. The second kappa shape index (κ2) is 62.1. The van der Waals surface area contributed by atoms with E-state index in [-0.39, 0.29) is 24.8 Å². The van der Waals surface area contributed by atoms with Crippen LogP contribution >= 0.6 is 0 Å². The van der Waals surface area contributed by atoms with Crippen LogP contribution in [0.2, 0.25) is 0 Å². The van der Waals surface area contributed by atoms with Crippen LogP contribution in [0.3, 0.4) is 0 Å². The summed E-state index contributed by atoms with van der Waals surface area (Å²) in [6.07, 6.45) is 46.7. The van der Waals surface area contributed by atoms with Crippen LogP contribution in [-0.4, -0.2) is 114 Å². The van der Waals surface area contributed by atoms with Gasteiger partial charge in [-0.2, -0.15) is 0 Å². The lowest BCUT2D eigenvalue weighted by Gasteiger charge is -2.29. The topological polar surface area (TPSA) is 221 Å². The molecule has 2 aliphatic rings. The predicted octanol–water partition coefficient (Wildman–Crippen LogP) is 24.9. The van der Waals surface area contributed by atoms with E-state index < -0.39 is 30.1 Å². The standard InChI is InChI=1S/C101H146O18/c1-4-7-10-29-74-117-101(108)95-75-92(111-68-32-21-15-17-25-36-72-115-97(104)76-93(78-102)112-69-33-22-13-11-19-30-66-109-88-56-52-86(53-57-88)99(106)118-90-60-48-84(49-61-90)82-44-40-80(41-45-82)38-27-8-5-2)64-65-96(95)114-71-35-24-16-18-26-37-73-116-98(105)77-94(79-103)113-70-34-23-14-12-20-31-67-110-89-58-54-87(55-59-89)100(107)119-91-62-50-85(51-63-91)83-46-42-81(43-47-83)39-28-9-6-3/h48-65,75,78-83,93-94H,4-47,66-74,76-77H2,1-3H3. The highest BCUT2D eigenvalue weighted by molar-refractivity contribution is 5.93. The average molecular weight is 1650 g/mol. The third-order valence-corrected chi connectivity index (χ3v) is 23.3. The molecule has 119 heavy (non-hydrogen) atoms. The second-order valence-corrected chi connectivity index (χ2v) is 33.1. The molecule has 0 aromatic heterocycles. The summed E-state index contributed by atoms with van der Waals surface area (Å²) in [6.45, 7) is 10.5. The summed E-state index contributed by atoms with van der Waals surface area (Å²) in [4.78, 5) is 87.7. The average Bonchev–Trinajstić information content (AvgIpc) is 0.859. The van der Waals surface area contributed by atoms with Crippen molar-refractivity contribution in [3.63, 3.8) is 0 Å². The fourth-order valence-electron chi connectivity index (χ4n) is 15.9. The second-order valence-electron chi connectivity index (χ2n) is 33.1. The monoisotopic (exact) mass is 1650 g/mol. The van der Waals surface area contributed by atoms with Crippen LogP contribution < -0.4 is 28.4 Å². The Labute approximate surface area is 713 Å². The van der Waals surface area contributed by atoms with E-state index >= 15 is 0 Å². The Morgan fingerprint density at radius 3 is 1.00 bits per heavy atom. The van der Waals surface area contributed by atoms with Gasteiger partial charge in [-0.3, -0.25) is 9.59 Å². The highest BCUT2D eigenvalue weighted by Gasteiger charge is 2.26. The molecule has 0 radical (unpaired) electrons. The SMILES string of the molecule is CCCCCCOC(=O)c1cc(OCCCCCCCCOC(=O)CC(C=O)OCCCCCCCCOc2ccc(C(=O)Oc3ccc(C4CCC(CCCCC)CC4)cc3)cc2)ccc1OCCCCCCCCOC(=O)CC(C=O)OCCCCCCCCOc1ccc(C(=O)Oc2ccc(C3CCC(CCCCC)CC3)cc2)cc1. The van der Waals surface area contributed by atoms with Crippen LogP contribution in [0.4, 0.5) is 0 Å². The van der Waals surface area contributed by atoms with E-state index in [1.807, 2.05) is 54.6 Å². The molecule has 0 bridgehead atoms. The smallest absolute Gasteiger partial charge is 0.343 e. The van der Waals surface area contributed by atoms with Gasteiger partial charge < -0.3 is 61.7 Å². The van der Waals surface area contributed by atoms with Gasteiger partial charge in [-0.05, 0) is 235 Å². The predicted molar refractivity (Wildman–Crippen MR) is 470 cm³/mol. The third kappa shape index (κ3) is 42.3. The maximum absolute atomic E-state index is 13.4. The van der Waals surface area contributed by atoms with Crippen LogP contribution in [0.15, 0.2) is 115 Å². The molecule has 0 amide bonds. The molecule has 2 unspecified atom stereocenters. The van der Waals surface area contributed by atoms with Crippen molar-refractivity contribution in [3.8, 4) is 34.5 Å².